The molecule has 1 aromatic heterocycles. The Balaban J connectivity index is 1.60. The highest BCUT2D eigenvalue weighted by atomic mass is 15.3. The van der Waals surface area contributed by atoms with Crippen LogP contribution in [0, 0.1) is 5.92 Å². The Labute approximate surface area is 104 Å². The Bertz CT molecular complexity index is 329. The van der Waals surface area contributed by atoms with Gasteiger partial charge in [-0.05, 0) is 51.1 Å². The van der Waals surface area contributed by atoms with Gasteiger partial charge in [-0.25, -0.2) is 0 Å². The van der Waals surface area contributed by atoms with Gasteiger partial charge in [-0.3, -0.25) is 4.68 Å². The molecule has 2 rings (SSSR count). The molecule has 2 atom stereocenters. The third-order valence-corrected chi connectivity index (χ3v) is 3.48. The lowest BCUT2D eigenvalue weighted by Crippen LogP contribution is -2.32. The molecule has 0 aromatic carbocycles. The molecule has 0 radical (unpaired) electrons. The van der Waals surface area contributed by atoms with Crippen LogP contribution in [-0.2, 0) is 6.54 Å². The molecule has 0 saturated heterocycles. The van der Waals surface area contributed by atoms with E-state index < -0.39 is 0 Å². The monoisotopic (exact) mass is 233 g/mol. The van der Waals surface area contributed by atoms with Crippen LogP contribution in [0.4, 0.5) is 0 Å². The predicted octanol–water partition coefficient (Wildman–Crippen LogP) is 2.61. The topological polar surface area (TPSA) is 29.9 Å². The van der Waals surface area contributed by atoms with Crippen molar-refractivity contribution in [3.05, 3.63) is 30.6 Å². The summed E-state index contributed by atoms with van der Waals surface area (Å²) >= 11 is 0. The van der Waals surface area contributed by atoms with Crippen LogP contribution in [0.15, 0.2) is 30.6 Å². The first-order valence-corrected chi connectivity index (χ1v) is 6.70. The number of nitrogens with zero attached hydrogens (tertiary/aromatic N) is 2. The Morgan fingerprint density at radius 1 is 1.47 bits per heavy atom. The summed E-state index contributed by atoms with van der Waals surface area (Å²) in [5.74, 6) is 0.840. The SMILES string of the molecule is CC(CCn1cccn1)NCC1CC=CCC1. The third-order valence-electron chi connectivity index (χ3n) is 3.48. The van der Waals surface area contributed by atoms with Crippen molar-refractivity contribution in [2.45, 2.75) is 45.2 Å². The summed E-state index contributed by atoms with van der Waals surface area (Å²) < 4.78 is 2.00. The minimum Gasteiger partial charge on any atom is -0.314 e. The number of aryl methyl sites for hydroxylation is 1. The van der Waals surface area contributed by atoms with Gasteiger partial charge in [-0.2, -0.15) is 5.10 Å². The normalized spacial score (nSPS) is 21.6. The molecule has 1 aromatic rings. The van der Waals surface area contributed by atoms with E-state index in [1.165, 1.54) is 19.3 Å². The minimum atomic E-state index is 0.574. The van der Waals surface area contributed by atoms with Gasteiger partial charge in [-0.1, -0.05) is 12.2 Å². The molecule has 0 spiro atoms. The Hall–Kier alpha value is -1.09. The highest BCUT2D eigenvalue weighted by molar-refractivity contribution is 4.90. The summed E-state index contributed by atoms with van der Waals surface area (Å²) in [7, 11) is 0. The first-order chi connectivity index (χ1) is 8.34. The highest BCUT2D eigenvalue weighted by Crippen LogP contribution is 2.17. The maximum absolute atomic E-state index is 4.22. The first kappa shape index (κ1) is 12.4. The Morgan fingerprint density at radius 2 is 2.41 bits per heavy atom. The maximum atomic E-state index is 4.22. The van der Waals surface area contributed by atoms with Gasteiger partial charge in [0.2, 0.25) is 0 Å². The van der Waals surface area contributed by atoms with E-state index in [1.807, 2.05) is 23.1 Å². The van der Waals surface area contributed by atoms with Crippen LogP contribution in [0.3, 0.4) is 0 Å². The van der Waals surface area contributed by atoms with Crippen LogP contribution in [0.2, 0.25) is 0 Å². The van der Waals surface area contributed by atoms with Gasteiger partial charge in [-0.15, -0.1) is 0 Å². The summed E-state index contributed by atoms with van der Waals surface area (Å²) in [5, 5.41) is 7.86. The number of hydrogen-bond donors (Lipinski definition) is 1. The lowest BCUT2D eigenvalue weighted by atomic mass is 9.94. The fourth-order valence-corrected chi connectivity index (χ4v) is 2.27. The second kappa shape index (κ2) is 6.60. The molecule has 0 aliphatic heterocycles. The number of aromatic nitrogens is 2. The summed E-state index contributed by atoms with van der Waals surface area (Å²) in [4.78, 5) is 0. The van der Waals surface area contributed by atoms with Gasteiger partial charge in [0.1, 0.15) is 0 Å². The van der Waals surface area contributed by atoms with E-state index in [-0.39, 0.29) is 0 Å². The molecule has 1 heterocycles. The molecule has 1 aliphatic carbocycles. The van der Waals surface area contributed by atoms with Crippen molar-refractivity contribution in [2.24, 2.45) is 5.92 Å². The average Bonchev–Trinajstić information content (AvgIpc) is 2.88. The molecule has 17 heavy (non-hydrogen) atoms. The number of hydrogen-bond acceptors (Lipinski definition) is 2. The molecule has 3 heteroatoms. The first-order valence-electron chi connectivity index (χ1n) is 6.70. The van der Waals surface area contributed by atoms with Gasteiger partial charge >= 0.3 is 0 Å². The molecule has 0 bridgehead atoms. The number of nitrogens with one attached hydrogen (secondary N) is 1. The minimum absolute atomic E-state index is 0.574. The van der Waals surface area contributed by atoms with E-state index in [2.05, 4.69) is 29.5 Å². The molecule has 3 nitrogen and oxygen atoms in total. The standard InChI is InChI=1S/C14H23N3/c1-13(8-11-17-10-5-9-16-17)15-12-14-6-3-2-4-7-14/h2-3,5,9-10,13-15H,4,6-8,11-12H2,1H3. The summed E-state index contributed by atoms with van der Waals surface area (Å²) in [6.07, 6.45) is 13.5. The van der Waals surface area contributed by atoms with E-state index in [4.69, 9.17) is 0 Å². The van der Waals surface area contributed by atoms with Gasteiger partial charge in [0, 0.05) is 25.0 Å². The van der Waals surface area contributed by atoms with E-state index in [0.717, 1.165) is 25.4 Å². The average molecular weight is 233 g/mol. The van der Waals surface area contributed by atoms with Crippen molar-refractivity contribution >= 4 is 0 Å². The molecule has 2 unspecified atom stereocenters. The summed E-state index contributed by atoms with van der Waals surface area (Å²) in [6.45, 7) is 4.43. The fraction of sp³-hybridized carbons (Fsp3) is 0.643. The smallest absolute Gasteiger partial charge is 0.0489 e. The molecule has 0 amide bonds. The van der Waals surface area contributed by atoms with Crippen LogP contribution in [0.1, 0.15) is 32.6 Å². The second-order valence-electron chi connectivity index (χ2n) is 5.02. The van der Waals surface area contributed by atoms with Crippen molar-refractivity contribution in [1.82, 2.24) is 15.1 Å². The Morgan fingerprint density at radius 3 is 3.12 bits per heavy atom. The fourth-order valence-electron chi connectivity index (χ4n) is 2.27. The second-order valence-corrected chi connectivity index (χ2v) is 5.02. The van der Waals surface area contributed by atoms with Gasteiger partial charge < -0.3 is 5.32 Å². The largest absolute Gasteiger partial charge is 0.314 e. The predicted molar refractivity (Wildman–Crippen MR) is 70.8 cm³/mol. The number of rotatable bonds is 6. The molecular weight excluding hydrogens is 210 g/mol. The lowest BCUT2D eigenvalue weighted by molar-refractivity contribution is 0.388. The highest BCUT2D eigenvalue weighted by Gasteiger charge is 2.10. The zero-order chi connectivity index (χ0) is 11.9. The lowest BCUT2D eigenvalue weighted by Gasteiger charge is -2.21. The van der Waals surface area contributed by atoms with Crippen molar-refractivity contribution in [1.29, 1.82) is 0 Å². The zero-order valence-electron chi connectivity index (χ0n) is 10.7. The van der Waals surface area contributed by atoms with Crippen LogP contribution in [0.25, 0.3) is 0 Å². The van der Waals surface area contributed by atoms with Gasteiger partial charge in [0.15, 0.2) is 0 Å². The number of allylic oxidation sites excluding steroid dienone is 2. The van der Waals surface area contributed by atoms with E-state index in [9.17, 15) is 0 Å². The molecule has 94 valence electrons. The van der Waals surface area contributed by atoms with Crippen molar-refractivity contribution in [3.8, 4) is 0 Å². The van der Waals surface area contributed by atoms with Gasteiger partial charge in [0.25, 0.3) is 0 Å². The van der Waals surface area contributed by atoms with Crippen LogP contribution in [0.5, 0.6) is 0 Å². The van der Waals surface area contributed by atoms with Gasteiger partial charge in [0.05, 0.1) is 0 Å². The van der Waals surface area contributed by atoms with Crippen molar-refractivity contribution in [2.75, 3.05) is 6.54 Å². The summed E-state index contributed by atoms with van der Waals surface area (Å²) in [5.41, 5.74) is 0. The van der Waals surface area contributed by atoms with Crippen LogP contribution >= 0.6 is 0 Å². The van der Waals surface area contributed by atoms with Crippen LogP contribution < -0.4 is 5.32 Å². The molecule has 0 saturated carbocycles. The van der Waals surface area contributed by atoms with Crippen molar-refractivity contribution in [3.63, 3.8) is 0 Å². The van der Waals surface area contributed by atoms with E-state index >= 15 is 0 Å². The molecular formula is C14H23N3. The molecule has 0 fully saturated rings. The zero-order valence-corrected chi connectivity index (χ0v) is 10.7. The molecule has 1 N–H and O–H groups in total. The van der Waals surface area contributed by atoms with Crippen LogP contribution in [-0.4, -0.2) is 22.4 Å². The maximum Gasteiger partial charge on any atom is 0.0489 e. The van der Waals surface area contributed by atoms with E-state index in [1.54, 1.807) is 0 Å². The molecule has 1 aliphatic rings. The Kier molecular flexibility index (Phi) is 4.80. The van der Waals surface area contributed by atoms with E-state index in [0.29, 0.717) is 6.04 Å². The quantitative estimate of drug-likeness (QED) is 0.765. The third kappa shape index (κ3) is 4.35. The van der Waals surface area contributed by atoms with Crippen molar-refractivity contribution < 1.29 is 0 Å². The summed E-state index contributed by atoms with van der Waals surface area (Å²) in [6, 6.07) is 2.55.